The number of hydrogen-bond donors (Lipinski definition) is 1. The summed E-state index contributed by atoms with van der Waals surface area (Å²) in [6.07, 6.45) is 1.71. The van der Waals surface area contributed by atoms with E-state index in [1.807, 2.05) is 29.6 Å². The van der Waals surface area contributed by atoms with E-state index in [1.54, 1.807) is 6.20 Å². The summed E-state index contributed by atoms with van der Waals surface area (Å²) in [5.74, 6) is 0.737. The molecule has 0 amide bonds. The van der Waals surface area contributed by atoms with Crippen LogP contribution in [0, 0.1) is 0 Å². The van der Waals surface area contributed by atoms with E-state index in [-0.39, 0.29) is 0 Å². The normalized spacial score (nSPS) is 9.92. The van der Waals surface area contributed by atoms with Crippen LogP contribution in [0.2, 0.25) is 0 Å². The van der Waals surface area contributed by atoms with Gasteiger partial charge in [-0.05, 0) is 12.1 Å². The van der Waals surface area contributed by atoms with Crippen LogP contribution in [-0.4, -0.2) is 4.98 Å². The molecule has 0 unspecified atom stereocenters. The Balaban J connectivity index is 2.24. The minimum absolute atomic E-state index is 0.640. The van der Waals surface area contributed by atoms with Crippen LogP contribution in [0.1, 0.15) is 0 Å². The smallest absolute Gasteiger partial charge is 0.278 e. The van der Waals surface area contributed by atoms with E-state index >= 15 is 0 Å². The fourth-order valence-corrected chi connectivity index (χ4v) is 1.60. The lowest BCUT2D eigenvalue weighted by atomic mass is 10.3. The third-order valence-corrected chi connectivity index (χ3v) is 2.49. The molecule has 0 saturated carbocycles. The van der Waals surface area contributed by atoms with Gasteiger partial charge in [0.2, 0.25) is 0 Å². The van der Waals surface area contributed by atoms with Crippen molar-refractivity contribution in [3.8, 4) is 10.9 Å². The van der Waals surface area contributed by atoms with Crippen molar-refractivity contribution in [1.29, 1.82) is 0 Å². The highest BCUT2D eigenvalue weighted by Gasteiger charge is 2.01. The van der Waals surface area contributed by atoms with Crippen LogP contribution in [0.15, 0.2) is 40.7 Å². The average molecular weight is 209 g/mol. The molecule has 1 heterocycles. The predicted molar refractivity (Wildman–Crippen MR) is 55.9 cm³/mol. The molecule has 0 aliphatic rings. The lowest BCUT2D eigenvalue weighted by Crippen LogP contribution is -1.83. The number of aromatic nitrogens is 1. The average Bonchev–Trinajstić information content (AvgIpc) is 2.61. The van der Waals surface area contributed by atoms with Crippen molar-refractivity contribution in [3.63, 3.8) is 0 Å². The number of para-hydroxylation sites is 1. The first-order chi connectivity index (χ1) is 6.36. The Bertz CT molecular complexity index is 386. The Morgan fingerprint density at radius 1 is 1.31 bits per heavy atom. The largest absolute Gasteiger partial charge is 0.430 e. The fraction of sp³-hybridized carbons (Fsp3) is 0. The van der Waals surface area contributed by atoms with Gasteiger partial charge in [-0.25, -0.2) is 4.98 Å². The SMILES string of the molecule is Sc1ccccc1Oc1nccs1. The van der Waals surface area contributed by atoms with Crippen molar-refractivity contribution >= 4 is 24.0 Å². The number of thiazole rings is 1. The molecule has 0 atom stereocenters. The van der Waals surface area contributed by atoms with Crippen LogP contribution in [0.3, 0.4) is 0 Å². The molecule has 0 radical (unpaired) electrons. The second kappa shape index (κ2) is 3.81. The molecule has 0 bridgehead atoms. The Kier molecular flexibility index (Phi) is 2.52. The lowest BCUT2D eigenvalue weighted by molar-refractivity contribution is 0.468. The Morgan fingerprint density at radius 3 is 2.85 bits per heavy atom. The summed E-state index contributed by atoms with van der Waals surface area (Å²) in [5.41, 5.74) is 0. The van der Waals surface area contributed by atoms with Crippen LogP contribution < -0.4 is 4.74 Å². The maximum absolute atomic E-state index is 5.48. The molecule has 1 aromatic heterocycles. The molecule has 2 aromatic rings. The van der Waals surface area contributed by atoms with Gasteiger partial charge in [0, 0.05) is 16.5 Å². The summed E-state index contributed by atoms with van der Waals surface area (Å²) in [5, 5.41) is 2.51. The zero-order valence-electron chi connectivity index (χ0n) is 6.68. The van der Waals surface area contributed by atoms with Crippen LogP contribution >= 0.6 is 24.0 Å². The molecule has 0 saturated heterocycles. The van der Waals surface area contributed by atoms with Crippen LogP contribution in [0.25, 0.3) is 0 Å². The van der Waals surface area contributed by atoms with Gasteiger partial charge < -0.3 is 4.74 Å². The molecule has 0 fully saturated rings. The molecule has 0 aliphatic heterocycles. The van der Waals surface area contributed by atoms with Gasteiger partial charge >= 0.3 is 0 Å². The molecule has 13 heavy (non-hydrogen) atoms. The highest BCUT2D eigenvalue weighted by atomic mass is 32.1. The zero-order valence-corrected chi connectivity index (χ0v) is 8.39. The molecular weight excluding hydrogens is 202 g/mol. The number of benzene rings is 1. The maximum Gasteiger partial charge on any atom is 0.278 e. The van der Waals surface area contributed by atoms with E-state index in [4.69, 9.17) is 4.74 Å². The van der Waals surface area contributed by atoms with E-state index in [9.17, 15) is 0 Å². The van der Waals surface area contributed by atoms with Crippen molar-refractivity contribution in [1.82, 2.24) is 4.98 Å². The van der Waals surface area contributed by atoms with E-state index < -0.39 is 0 Å². The monoisotopic (exact) mass is 209 g/mol. The number of hydrogen-bond acceptors (Lipinski definition) is 4. The topological polar surface area (TPSA) is 22.1 Å². The zero-order chi connectivity index (χ0) is 9.10. The molecule has 0 aliphatic carbocycles. The van der Waals surface area contributed by atoms with Gasteiger partial charge in [-0.1, -0.05) is 23.5 Å². The fourth-order valence-electron chi connectivity index (χ4n) is 0.898. The van der Waals surface area contributed by atoms with Gasteiger partial charge in [0.15, 0.2) is 0 Å². The predicted octanol–water partition coefficient (Wildman–Crippen LogP) is 3.22. The van der Waals surface area contributed by atoms with Gasteiger partial charge in [0.05, 0.1) is 0 Å². The van der Waals surface area contributed by atoms with Gasteiger partial charge in [-0.3, -0.25) is 0 Å². The molecular formula is C9H7NOS2. The summed E-state index contributed by atoms with van der Waals surface area (Å²) in [6.45, 7) is 0. The third-order valence-electron chi connectivity index (χ3n) is 1.47. The molecule has 66 valence electrons. The molecule has 0 spiro atoms. The van der Waals surface area contributed by atoms with Crippen molar-refractivity contribution in [3.05, 3.63) is 35.8 Å². The lowest BCUT2D eigenvalue weighted by Gasteiger charge is -2.02. The van der Waals surface area contributed by atoms with Crippen molar-refractivity contribution in [2.24, 2.45) is 0 Å². The van der Waals surface area contributed by atoms with E-state index in [0.717, 1.165) is 10.6 Å². The Morgan fingerprint density at radius 2 is 2.15 bits per heavy atom. The maximum atomic E-state index is 5.48. The van der Waals surface area contributed by atoms with Crippen molar-refractivity contribution < 1.29 is 4.74 Å². The highest BCUT2D eigenvalue weighted by molar-refractivity contribution is 7.80. The van der Waals surface area contributed by atoms with E-state index in [0.29, 0.717) is 5.19 Å². The summed E-state index contributed by atoms with van der Waals surface area (Å²) in [4.78, 5) is 4.83. The molecule has 4 heteroatoms. The number of thiol groups is 1. The number of ether oxygens (including phenoxy) is 1. The molecule has 2 rings (SSSR count). The summed E-state index contributed by atoms with van der Waals surface area (Å²) < 4.78 is 5.48. The van der Waals surface area contributed by atoms with Crippen molar-refractivity contribution in [2.45, 2.75) is 4.90 Å². The van der Waals surface area contributed by atoms with Gasteiger partial charge in [0.1, 0.15) is 5.75 Å². The van der Waals surface area contributed by atoms with Crippen molar-refractivity contribution in [2.75, 3.05) is 0 Å². The summed E-state index contributed by atoms with van der Waals surface area (Å²) >= 11 is 5.72. The van der Waals surface area contributed by atoms with Gasteiger partial charge in [-0.15, -0.1) is 12.6 Å². The Labute approximate surface area is 85.6 Å². The highest BCUT2D eigenvalue weighted by Crippen LogP contribution is 2.28. The number of nitrogens with zero attached hydrogens (tertiary/aromatic N) is 1. The molecule has 2 nitrogen and oxygen atoms in total. The minimum atomic E-state index is 0.640. The second-order valence-electron chi connectivity index (χ2n) is 2.37. The summed E-state index contributed by atoms with van der Waals surface area (Å²) in [7, 11) is 0. The van der Waals surface area contributed by atoms with E-state index in [2.05, 4.69) is 17.6 Å². The number of rotatable bonds is 2. The van der Waals surface area contributed by atoms with Crippen LogP contribution in [-0.2, 0) is 0 Å². The summed E-state index contributed by atoms with van der Waals surface area (Å²) in [6, 6.07) is 7.56. The van der Waals surface area contributed by atoms with Gasteiger partial charge in [-0.2, -0.15) is 0 Å². The van der Waals surface area contributed by atoms with Gasteiger partial charge in [0.25, 0.3) is 5.19 Å². The standard InChI is InChI=1S/C9H7NOS2/c12-8-4-2-1-3-7(8)11-9-10-5-6-13-9/h1-6,12H. The van der Waals surface area contributed by atoms with Crippen LogP contribution in [0.5, 0.6) is 10.9 Å². The quantitative estimate of drug-likeness (QED) is 0.767. The molecule has 1 aromatic carbocycles. The third kappa shape index (κ3) is 2.02. The Hall–Kier alpha value is -1.00. The second-order valence-corrected chi connectivity index (χ2v) is 3.71. The first kappa shape index (κ1) is 8.59. The minimum Gasteiger partial charge on any atom is -0.430 e. The first-order valence-electron chi connectivity index (χ1n) is 3.71. The molecule has 0 N–H and O–H groups in total. The van der Waals surface area contributed by atoms with Crippen LogP contribution in [0.4, 0.5) is 0 Å². The van der Waals surface area contributed by atoms with E-state index in [1.165, 1.54) is 11.3 Å². The first-order valence-corrected chi connectivity index (χ1v) is 5.04.